The van der Waals surface area contributed by atoms with E-state index in [9.17, 15) is 16.8 Å². The van der Waals surface area contributed by atoms with Crippen molar-refractivity contribution in [1.82, 2.24) is 23.6 Å². The minimum atomic E-state index is -4.01. The Labute approximate surface area is 170 Å². The standard InChI is InChI=1S/C17H23N5O5S2/c23-28(24,21-8-3-4-9-21)16-5-1-2-6-17(16)29(25,26)22-11-12-27-15(14-22)13-20-10-7-18-19-20/h1-2,5-7,10,15H,3-4,8-9,11-14H2. The maximum atomic E-state index is 13.4. The molecule has 1 aromatic carbocycles. The van der Waals surface area contributed by atoms with Crippen molar-refractivity contribution in [2.45, 2.75) is 35.3 Å². The van der Waals surface area contributed by atoms with Gasteiger partial charge >= 0.3 is 0 Å². The van der Waals surface area contributed by atoms with Crippen LogP contribution in [0.15, 0.2) is 46.5 Å². The minimum Gasteiger partial charge on any atom is -0.374 e. The number of rotatable bonds is 6. The molecule has 2 aromatic rings. The molecule has 158 valence electrons. The summed E-state index contributed by atoms with van der Waals surface area (Å²) in [6.07, 6.45) is 4.37. The molecule has 4 rings (SSSR count). The van der Waals surface area contributed by atoms with Crippen LogP contribution in [-0.2, 0) is 31.3 Å². The molecule has 1 unspecified atom stereocenters. The predicted octanol–water partition coefficient (Wildman–Crippen LogP) is 0.152. The van der Waals surface area contributed by atoms with E-state index in [4.69, 9.17) is 4.74 Å². The Morgan fingerprint density at radius 2 is 1.62 bits per heavy atom. The lowest BCUT2D eigenvalue weighted by Gasteiger charge is -2.32. The molecule has 12 heteroatoms. The fraction of sp³-hybridized carbons (Fsp3) is 0.529. The molecule has 0 amide bonds. The highest BCUT2D eigenvalue weighted by Crippen LogP contribution is 2.29. The SMILES string of the molecule is O=S(=O)(c1ccccc1S(=O)(=O)N1CCOC(Cn2ccnn2)C1)N1CCCC1. The molecule has 3 heterocycles. The Bertz CT molecular complexity index is 1050. The molecule has 1 atom stereocenters. The molecular formula is C17H23N5O5S2. The van der Waals surface area contributed by atoms with Crippen LogP contribution in [0.2, 0.25) is 0 Å². The van der Waals surface area contributed by atoms with Gasteiger partial charge < -0.3 is 4.74 Å². The van der Waals surface area contributed by atoms with Crippen LogP contribution >= 0.6 is 0 Å². The van der Waals surface area contributed by atoms with Crippen LogP contribution in [0.4, 0.5) is 0 Å². The Morgan fingerprint density at radius 3 is 2.24 bits per heavy atom. The first kappa shape index (κ1) is 20.4. The second-order valence-corrected chi connectivity index (χ2v) is 10.9. The van der Waals surface area contributed by atoms with Crippen molar-refractivity contribution in [2.24, 2.45) is 0 Å². The summed E-state index contributed by atoms with van der Waals surface area (Å²) in [5, 5.41) is 7.61. The Balaban J connectivity index is 1.62. The van der Waals surface area contributed by atoms with E-state index < -0.39 is 26.2 Å². The van der Waals surface area contributed by atoms with Crippen LogP contribution in [0.25, 0.3) is 0 Å². The van der Waals surface area contributed by atoms with Crippen molar-refractivity contribution in [3.05, 3.63) is 36.7 Å². The number of nitrogens with zero attached hydrogens (tertiary/aromatic N) is 5. The van der Waals surface area contributed by atoms with Gasteiger partial charge in [-0.3, -0.25) is 0 Å². The topological polar surface area (TPSA) is 115 Å². The van der Waals surface area contributed by atoms with Gasteiger partial charge in [0.05, 0.1) is 25.5 Å². The number of aromatic nitrogens is 3. The number of morpholine rings is 1. The summed E-state index contributed by atoms with van der Waals surface area (Å²) in [7, 11) is -7.89. The maximum absolute atomic E-state index is 13.4. The fourth-order valence-electron chi connectivity index (χ4n) is 3.64. The van der Waals surface area contributed by atoms with Crippen molar-refractivity contribution < 1.29 is 21.6 Å². The highest BCUT2D eigenvalue weighted by molar-refractivity contribution is 7.92. The van der Waals surface area contributed by atoms with E-state index in [0.717, 1.165) is 12.8 Å². The lowest BCUT2D eigenvalue weighted by Crippen LogP contribution is -2.47. The van der Waals surface area contributed by atoms with Gasteiger partial charge in [-0.2, -0.15) is 8.61 Å². The van der Waals surface area contributed by atoms with Crippen molar-refractivity contribution in [1.29, 1.82) is 0 Å². The van der Waals surface area contributed by atoms with Crippen LogP contribution in [-0.4, -0.2) is 79.3 Å². The molecule has 0 N–H and O–H groups in total. The van der Waals surface area contributed by atoms with Crippen molar-refractivity contribution >= 4 is 20.0 Å². The zero-order valence-electron chi connectivity index (χ0n) is 15.8. The van der Waals surface area contributed by atoms with Crippen molar-refractivity contribution in [3.63, 3.8) is 0 Å². The smallest absolute Gasteiger partial charge is 0.244 e. The van der Waals surface area contributed by atoms with Gasteiger partial charge in [-0.05, 0) is 25.0 Å². The summed E-state index contributed by atoms with van der Waals surface area (Å²) < 4.78 is 62.8. The van der Waals surface area contributed by atoms with Gasteiger partial charge in [-0.15, -0.1) is 5.10 Å². The Kier molecular flexibility index (Phi) is 5.71. The van der Waals surface area contributed by atoms with E-state index in [-0.39, 0.29) is 29.5 Å². The molecule has 29 heavy (non-hydrogen) atoms. The molecule has 2 aliphatic heterocycles. The van der Waals surface area contributed by atoms with E-state index in [2.05, 4.69) is 10.3 Å². The molecule has 0 bridgehead atoms. The van der Waals surface area contributed by atoms with Crippen molar-refractivity contribution in [2.75, 3.05) is 32.8 Å². The van der Waals surface area contributed by atoms with Gasteiger partial charge in [0.1, 0.15) is 9.79 Å². The summed E-state index contributed by atoms with van der Waals surface area (Å²) in [6.45, 7) is 1.68. The molecule has 1 aromatic heterocycles. The number of hydrogen-bond acceptors (Lipinski definition) is 7. The second-order valence-electron chi connectivity index (χ2n) is 7.04. The van der Waals surface area contributed by atoms with E-state index in [0.29, 0.717) is 19.6 Å². The largest absolute Gasteiger partial charge is 0.374 e. The molecule has 2 saturated heterocycles. The summed E-state index contributed by atoms with van der Waals surface area (Å²) >= 11 is 0. The lowest BCUT2D eigenvalue weighted by atomic mass is 10.3. The highest BCUT2D eigenvalue weighted by atomic mass is 32.2. The molecular weight excluding hydrogens is 418 g/mol. The van der Waals surface area contributed by atoms with Crippen molar-refractivity contribution in [3.8, 4) is 0 Å². The number of hydrogen-bond donors (Lipinski definition) is 0. The Morgan fingerprint density at radius 1 is 0.966 bits per heavy atom. The second kappa shape index (κ2) is 8.11. The third-order valence-electron chi connectivity index (χ3n) is 5.11. The first-order valence-electron chi connectivity index (χ1n) is 9.44. The summed E-state index contributed by atoms with van der Waals surface area (Å²) in [5.74, 6) is 0. The number of benzene rings is 1. The minimum absolute atomic E-state index is 0.111. The van der Waals surface area contributed by atoms with E-state index in [1.54, 1.807) is 23.0 Å². The summed E-state index contributed by atoms with van der Waals surface area (Å²) in [6, 6.07) is 5.83. The lowest BCUT2D eigenvalue weighted by molar-refractivity contribution is -0.0123. The van der Waals surface area contributed by atoms with Gasteiger partial charge in [-0.1, -0.05) is 17.3 Å². The van der Waals surface area contributed by atoms with Gasteiger partial charge in [0.2, 0.25) is 20.0 Å². The predicted molar refractivity (Wildman–Crippen MR) is 103 cm³/mol. The van der Waals surface area contributed by atoms with Crippen LogP contribution in [0.5, 0.6) is 0 Å². The number of sulfonamides is 2. The monoisotopic (exact) mass is 441 g/mol. The molecule has 2 aliphatic rings. The normalized spacial score (nSPS) is 22.1. The van der Waals surface area contributed by atoms with Crippen LogP contribution < -0.4 is 0 Å². The van der Waals surface area contributed by atoms with Crippen LogP contribution in [0.3, 0.4) is 0 Å². The molecule has 10 nitrogen and oxygen atoms in total. The van der Waals surface area contributed by atoms with Crippen LogP contribution in [0, 0.1) is 0 Å². The fourth-order valence-corrected chi connectivity index (χ4v) is 7.39. The quantitative estimate of drug-likeness (QED) is 0.627. The van der Waals surface area contributed by atoms with E-state index in [1.807, 2.05) is 0 Å². The van der Waals surface area contributed by atoms with Gasteiger partial charge in [0.15, 0.2) is 0 Å². The third kappa shape index (κ3) is 4.08. The molecule has 0 aliphatic carbocycles. The molecule has 0 spiro atoms. The summed E-state index contributed by atoms with van der Waals surface area (Å²) in [4.78, 5) is -0.352. The van der Waals surface area contributed by atoms with Crippen LogP contribution in [0.1, 0.15) is 12.8 Å². The molecule has 2 fully saturated rings. The summed E-state index contributed by atoms with van der Waals surface area (Å²) in [5.41, 5.74) is 0. The highest BCUT2D eigenvalue weighted by Gasteiger charge is 2.37. The molecule has 0 radical (unpaired) electrons. The first-order valence-corrected chi connectivity index (χ1v) is 12.3. The van der Waals surface area contributed by atoms with E-state index in [1.165, 1.54) is 26.9 Å². The average Bonchev–Trinajstić information content (AvgIpc) is 3.43. The van der Waals surface area contributed by atoms with Gasteiger partial charge in [0, 0.05) is 32.4 Å². The maximum Gasteiger partial charge on any atom is 0.244 e. The zero-order chi connectivity index (χ0) is 20.5. The van der Waals surface area contributed by atoms with E-state index >= 15 is 0 Å². The third-order valence-corrected chi connectivity index (χ3v) is 9.12. The number of ether oxygens (including phenoxy) is 1. The zero-order valence-corrected chi connectivity index (χ0v) is 17.4. The van der Waals surface area contributed by atoms with Gasteiger partial charge in [0.25, 0.3) is 0 Å². The Hall–Kier alpha value is -1.86. The average molecular weight is 442 g/mol. The first-order chi connectivity index (χ1) is 13.9. The molecule has 0 saturated carbocycles. The van der Waals surface area contributed by atoms with Gasteiger partial charge in [-0.25, -0.2) is 21.5 Å².